The van der Waals surface area contributed by atoms with Gasteiger partial charge in [0.25, 0.3) is 0 Å². The largest absolute Gasteiger partial charge is 0.373 e. The summed E-state index contributed by atoms with van der Waals surface area (Å²) in [6.45, 7) is 8.40. The molecule has 0 aromatic carbocycles. The van der Waals surface area contributed by atoms with E-state index in [4.69, 9.17) is 4.74 Å². The Morgan fingerprint density at radius 1 is 1.42 bits per heavy atom. The Balaban J connectivity index is 1.50. The molecule has 0 saturated carbocycles. The summed E-state index contributed by atoms with van der Waals surface area (Å²) >= 11 is 0. The van der Waals surface area contributed by atoms with Crippen LogP contribution in [0.1, 0.15) is 44.1 Å². The van der Waals surface area contributed by atoms with Gasteiger partial charge in [-0.1, -0.05) is 13.8 Å². The molecule has 24 heavy (non-hydrogen) atoms. The third-order valence-electron chi connectivity index (χ3n) is 4.85. The molecule has 3 heterocycles. The fourth-order valence-corrected chi connectivity index (χ4v) is 3.41. The quantitative estimate of drug-likeness (QED) is 0.809. The maximum absolute atomic E-state index is 5.94. The van der Waals surface area contributed by atoms with Crippen LogP contribution in [0.5, 0.6) is 0 Å². The van der Waals surface area contributed by atoms with E-state index in [1.165, 1.54) is 17.7 Å². The molecule has 5 nitrogen and oxygen atoms in total. The molecule has 2 atom stereocenters. The van der Waals surface area contributed by atoms with Crippen LogP contribution in [-0.2, 0) is 24.9 Å². The van der Waals surface area contributed by atoms with Gasteiger partial charge in [0.05, 0.1) is 12.3 Å². The molecule has 0 bridgehead atoms. The van der Waals surface area contributed by atoms with Gasteiger partial charge in [-0.05, 0) is 30.9 Å². The molecule has 5 heteroatoms. The van der Waals surface area contributed by atoms with Crippen molar-refractivity contribution >= 4 is 0 Å². The molecule has 0 amide bonds. The van der Waals surface area contributed by atoms with Crippen LogP contribution < -0.4 is 5.32 Å². The summed E-state index contributed by atoms with van der Waals surface area (Å²) in [5.74, 6) is 1.26. The average Bonchev–Trinajstić information content (AvgIpc) is 3.26. The number of hydrogen-bond acceptors (Lipinski definition) is 3. The smallest absolute Gasteiger partial charge is 0.0896 e. The first-order valence-corrected chi connectivity index (χ1v) is 9.08. The van der Waals surface area contributed by atoms with Crippen LogP contribution in [-0.4, -0.2) is 27.5 Å². The lowest BCUT2D eigenvalue weighted by Gasteiger charge is -2.18. The van der Waals surface area contributed by atoms with Crippen LogP contribution in [0.3, 0.4) is 0 Å². The van der Waals surface area contributed by atoms with Crippen molar-refractivity contribution in [3.63, 3.8) is 0 Å². The highest BCUT2D eigenvalue weighted by atomic mass is 16.5. The molecule has 2 aromatic heterocycles. The number of hydrogen-bond donors (Lipinski definition) is 1. The molecule has 0 radical (unpaired) electrons. The van der Waals surface area contributed by atoms with Crippen molar-refractivity contribution in [2.45, 2.75) is 45.9 Å². The Labute approximate surface area is 145 Å². The molecule has 0 aliphatic carbocycles. The van der Waals surface area contributed by atoms with Crippen molar-refractivity contribution in [3.8, 4) is 0 Å². The predicted octanol–water partition coefficient (Wildman–Crippen LogP) is 3.14. The van der Waals surface area contributed by atoms with Crippen molar-refractivity contribution < 1.29 is 4.74 Å². The SMILES string of the molecule is CC(C)CCn1cccc1CNC[C@@H]1CCO[C@@H]1c1cnn(C)c1. The first-order chi connectivity index (χ1) is 11.6. The van der Waals surface area contributed by atoms with E-state index in [1.807, 2.05) is 17.9 Å². The molecular formula is C19H30N4O. The number of rotatable bonds is 8. The van der Waals surface area contributed by atoms with E-state index in [-0.39, 0.29) is 6.10 Å². The lowest BCUT2D eigenvalue weighted by molar-refractivity contribution is 0.0903. The maximum Gasteiger partial charge on any atom is 0.0896 e. The Bertz CT molecular complexity index is 631. The molecule has 3 rings (SSSR count). The van der Waals surface area contributed by atoms with E-state index in [9.17, 15) is 0 Å². The zero-order valence-electron chi connectivity index (χ0n) is 15.1. The fraction of sp³-hybridized carbons (Fsp3) is 0.632. The molecule has 2 aromatic rings. The van der Waals surface area contributed by atoms with Gasteiger partial charge in [-0.15, -0.1) is 0 Å². The van der Waals surface area contributed by atoms with Crippen LogP contribution in [0.15, 0.2) is 30.7 Å². The lowest BCUT2D eigenvalue weighted by Crippen LogP contribution is -2.25. The number of aromatic nitrogens is 3. The third-order valence-corrected chi connectivity index (χ3v) is 4.85. The molecular weight excluding hydrogens is 300 g/mol. The van der Waals surface area contributed by atoms with E-state index < -0.39 is 0 Å². The summed E-state index contributed by atoms with van der Waals surface area (Å²) in [5, 5.41) is 7.91. The van der Waals surface area contributed by atoms with Gasteiger partial charge in [0.15, 0.2) is 0 Å². The van der Waals surface area contributed by atoms with Crippen molar-refractivity contribution in [2.24, 2.45) is 18.9 Å². The third kappa shape index (κ3) is 4.28. The standard InChI is InChI=1S/C19H30N4O/c1-15(2)6-9-23-8-4-5-18(23)13-20-11-16-7-10-24-19(16)17-12-21-22(3)14-17/h4-5,8,12,14-16,19-20H,6-7,9-11,13H2,1-3H3/t16-,19-/m0/s1. The summed E-state index contributed by atoms with van der Waals surface area (Å²) in [6.07, 6.45) is 8.71. The first kappa shape index (κ1) is 17.2. The summed E-state index contributed by atoms with van der Waals surface area (Å²) < 4.78 is 10.2. The van der Waals surface area contributed by atoms with Gasteiger partial charge in [0.2, 0.25) is 0 Å². The molecule has 0 spiro atoms. The summed E-state index contributed by atoms with van der Waals surface area (Å²) in [7, 11) is 1.96. The van der Waals surface area contributed by atoms with E-state index in [0.717, 1.165) is 38.6 Å². The zero-order chi connectivity index (χ0) is 16.9. The molecule has 1 aliphatic heterocycles. The van der Waals surface area contributed by atoms with Crippen LogP contribution >= 0.6 is 0 Å². The van der Waals surface area contributed by atoms with Crippen molar-refractivity contribution in [2.75, 3.05) is 13.2 Å². The Morgan fingerprint density at radius 3 is 3.04 bits per heavy atom. The monoisotopic (exact) mass is 330 g/mol. The van der Waals surface area contributed by atoms with E-state index in [1.54, 1.807) is 0 Å². The first-order valence-electron chi connectivity index (χ1n) is 9.08. The van der Waals surface area contributed by atoms with Gasteiger partial charge in [-0.3, -0.25) is 4.68 Å². The number of aryl methyl sites for hydroxylation is 2. The normalized spacial score (nSPS) is 21.0. The van der Waals surface area contributed by atoms with E-state index >= 15 is 0 Å². The highest BCUT2D eigenvalue weighted by Gasteiger charge is 2.30. The van der Waals surface area contributed by atoms with Gasteiger partial charge in [0, 0.05) is 62.9 Å². The van der Waals surface area contributed by atoms with Gasteiger partial charge >= 0.3 is 0 Å². The van der Waals surface area contributed by atoms with Crippen molar-refractivity contribution in [1.29, 1.82) is 0 Å². The summed E-state index contributed by atoms with van der Waals surface area (Å²) in [4.78, 5) is 0. The minimum atomic E-state index is 0.180. The van der Waals surface area contributed by atoms with Crippen LogP contribution in [0.25, 0.3) is 0 Å². The van der Waals surface area contributed by atoms with E-state index in [2.05, 4.69) is 53.4 Å². The molecule has 1 N–H and O–H groups in total. The second-order valence-electron chi connectivity index (χ2n) is 7.29. The minimum Gasteiger partial charge on any atom is -0.373 e. The van der Waals surface area contributed by atoms with Crippen molar-refractivity contribution in [1.82, 2.24) is 19.7 Å². The molecule has 1 saturated heterocycles. The lowest BCUT2D eigenvalue weighted by atomic mass is 9.97. The Kier molecular flexibility index (Phi) is 5.74. The molecule has 0 unspecified atom stereocenters. The number of nitrogens with one attached hydrogen (secondary N) is 1. The summed E-state index contributed by atoms with van der Waals surface area (Å²) in [6, 6.07) is 4.37. The second kappa shape index (κ2) is 7.99. The van der Waals surface area contributed by atoms with Crippen molar-refractivity contribution in [3.05, 3.63) is 42.0 Å². The van der Waals surface area contributed by atoms with Gasteiger partial charge < -0.3 is 14.6 Å². The molecule has 1 fully saturated rings. The van der Waals surface area contributed by atoms with Gasteiger partial charge in [-0.25, -0.2) is 0 Å². The highest BCUT2D eigenvalue weighted by molar-refractivity contribution is 5.11. The highest BCUT2D eigenvalue weighted by Crippen LogP contribution is 2.33. The number of nitrogens with zero attached hydrogens (tertiary/aromatic N) is 3. The predicted molar refractivity (Wildman–Crippen MR) is 95.6 cm³/mol. The van der Waals surface area contributed by atoms with Crippen LogP contribution in [0.4, 0.5) is 0 Å². The Morgan fingerprint density at radius 2 is 2.29 bits per heavy atom. The molecule has 1 aliphatic rings. The second-order valence-corrected chi connectivity index (χ2v) is 7.29. The van der Waals surface area contributed by atoms with Crippen LogP contribution in [0, 0.1) is 11.8 Å². The summed E-state index contributed by atoms with van der Waals surface area (Å²) in [5.41, 5.74) is 2.56. The average molecular weight is 330 g/mol. The number of ether oxygens (including phenoxy) is 1. The fourth-order valence-electron chi connectivity index (χ4n) is 3.41. The van der Waals surface area contributed by atoms with Crippen LogP contribution in [0.2, 0.25) is 0 Å². The van der Waals surface area contributed by atoms with Gasteiger partial charge in [-0.2, -0.15) is 5.10 Å². The minimum absolute atomic E-state index is 0.180. The topological polar surface area (TPSA) is 44.0 Å². The maximum atomic E-state index is 5.94. The van der Waals surface area contributed by atoms with Gasteiger partial charge in [0.1, 0.15) is 0 Å². The van der Waals surface area contributed by atoms with E-state index in [0.29, 0.717) is 5.92 Å². The zero-order valence-corrected chi connectivity index (χ0v) is 15.1. The molecule has 132 valence electrons. The Hall–Kier alpha value is -1.59.